The fourth-order valence-corrected chi connectivity index (χ4v) is 2.33. The Morgan fingerprint density at radius 1 is 1.04 bits per heavy atom. The van der Waals surface area contributed by atoms with Crippen LogP contribution in [0.25, 0.3) is 0 Å². The van der Waals surface area contributed by atoms with Crippen molar-refractivity contribution in [1.29, 1.82) is 0 Å². The molecule has 0 saturated carbocycles. The van der Waals surface area contributed by atoms with Crippen molar-refractivity contribution in [3.05, 3.63) is 59.7 Å². The molecule has 1 amide bonds. The zero-order valence-electron chi connectivity index (χ0n) is 14.7. The lowest BCUT2D eigenvalue weighted by Gasteiger charge is -2.13. The van der Waals surface area contributed by atoms with Gasteiger partial charge in [-0.25, -0.2) is 0 Å². The summed E-state index contributed by atoms with van der Waals surface area (Å²) in [7, 11) is 0. The van der Waals surface area contributed by atoms with Crippen LogP contribution in [0.2, 0.25) is 0 Å². The minimum absolute atomic E-state index is 0.196. The molecule has 2 rings (SSSR count). The van der Waals surface area contributed by atoms with Crippen LogP contribution in [-0.4, -0.2) is 25.1 Å². The second kappa shape index (κ2) is 8.87. The van der Waals surface area contributed by atoms with Gasteiger partial charge in [-0.2, -0.15) is 0 Å². The Labute approximate surface area is 148 Å². The topological polar surface area (TPSA) is 64.6 Å². The highest BCUT2D eigenvalue weighted by atomic mass is 16.5. The van der Waals surface area contributed by atoms with Gasteiger partial charge in [0.1, 0.15) is 12.4 Å². The van der Waals surface area contributed by atoms with Gasteiger partial charge in [-0.15, -0.1) is 0 Å². The average Bonchev–Trinajstić information content (AvgIpc) is 2.57. The van der Waals surface area contributed by atoms with E-state index in [9.17, 15) is 9.59 Å². The number of benzene rings is 2. The molecule has 0 spiro atoms. The first-order chi connectivity index (χ1) is 11.9. The van der Waals surface area contributed by atoms with Gasteiger partial charge < -0.3 is 14.8 Å². The lowest BCUT2D eigenvalue weighted by molar-refractivity contribution is -0.151. The minimum atomic E-state index is -0.466. The third kappa shape index (κ3) is 6.30. The van der Waals surface area contributed by atoms with E-state index in [1.807, 2.05) is 62.4 Å². The normalized spacial score (nSPS) is 11.5. The van der Waals surface area contributed by atoms with Crippen LogP contribution >= 0.6 is 0 Å². The third-order valence-corrected chi connectivity index (χ3v) is 3.50. The van der Waals surface area contributed by atoms with Crippen molar-refractivity contribution >= 4 is 17.6 Å². The summed E-state index contributed by atoms with van der Waals surface area (Å²) in [5, 5.41) is 2.73. The first-order valence-corrected chi connectivity index (χ1v) is 8.16. The van der Waals surface area contributed by atoms with Crippen LogP contribution in [0.5, 0.6) is 5.75 Å². The van der Waals surface area contributed by atoms with Gasteiger partial charge in [0.25, 0.3) is 5.91 Å². The van der Waals surface area contributed by atoms with Crippen LogP contribution in [0.15, 0.2) is 48.5 Å². The maximum absolute atomic E-state index is 11.9. The molecule has 1 N–H and O–H groups in total. The number of para-hydroxylation sites is 1. The molecule has 25 heavy (non-hydrogen) atoms. The van der Waals surface area contributed by atoms with Crippen molar-refractivity contribution < 1.29 is 19.1 Å². The van der Waals surface area contributed by atoms with Crippen LogP contribution in [0.3, 0.4) is 0 Å². The summed E-state index contributed by atoms with van der Waals surface area (Å²) in [6.07, 6.45) is 0. The number of amides is 1. The number of nitrogens with one attached hydrogen (secondary N) is 1. The number of hydrogen-bond acceptors (Lipinski definition) is 4. The Morgan fingerprint density at radius 2 is 1.68 bits per heavy atom. The molecule has 1 unspecified atom stereocenters. The number of hydrogen-bond donors (Lipinski definition) is 1. The molecule has 5 nitrogen and oxygen atoms in total. The molecule has 0 aromatic heterocycles. The summed E-state index contributed by atoms with van der Waals surface area (Å²) < 4.78 is 10.6. The van der Waals surface area contributed by atoms with Gasteiger partial charge in [0, 0.05) is 5.69 Å². The standard InChI is InChI=1S/C20H23NO4/c1-14-9-15(2)11-17(10-14)21-19(22)13-25-20(23)16(3)12-24-18-7-5-4-6-8-18/h4-11,16H,12-13H2,1-3H3,(H,21,22). The van der Waals surface area contributed by atoms with Gasteiger partial charge in [0.2, 0.25) is 0 Å². The van der Waals surface area contributed by atoms with Gasteiger partial charge in [-0.05, 0) is 56.2 Å². The van der Waals surface area contributed by atoms with Crippen molar-refractivity contribution in [2.75, 3.05) is 18.5 Å². The molecule has 0 fully saturated rings. The summed E-state index contributed by atoms with van der Waals surface area (Å²) >= 11 is 0. The molecule has 2 aromatic carbocycles. The summed E-state index contributed by atoms with van der Waals surface area (Å²) in [5.74, 6) is -0.607. The number of ether oxygens (including phenoxy) is 2. The fourth-order valence-electron chi connectivity index (χ4n) is 2.33. The SMILES string of the molecule is Cc1cc(C)cc(NC(=O)COC(=O)C(C)COc2ccccc2)c1. The molecular formula is C20H23NO4. The van der Waals surface area contributed by atoms with E-state index < -0.39 is 11.9 Å². The predicted octanol–water partition coefficient (Wildman–Crippen LogP) is 3.50. The maximum atomic E-state index is 11.9. The van der Waals surface area contributed by atoms with Crippen LogP contribution < -0.4 is 10.1 Å². The van der Waals surface area contributed by atoms with E-state index in [1.165, 1.54) is 0 Å². The van der Waals surface area contributed by atoms with Crippen molar-refractivity contribution in [1.82, 2.24) is 0 Å². The third-order valence-electron chi connectivity index (χ3n) is 3.50. The lowest BCUT2D eigenvalue weighted by atomic mass is 10.1. The Balaban J connectivity index is 1.75. The Hall–Kier alpha value is -2.82. The van der Waals surface area contributed by atoms with Crippen LogP contribution in [0.1, 0.15) is 18.1 Å². The Morgan fingerprint density at radius 3 is 2.32 bits per heavy atom. The number of carbonyl (C=O) groups is 2. The lowest BCUT2D eigenvalue weighted by Crippen LogP contribution is -2.26. The highest BCUT2D eigenvalue weighted by Crippen LogP contribution is 2.14. The summed E-state index contributed by atoms with van der Waals surface area (Å²) in [5.41, 5.74) is 2.80. The van der Waals surface area contributed by atoms with Crippen LogP contribution in [-0.2, 0) is 14.3 Å². The van der Waals surface area contributed by atoms with Crippen molar-refractivity contribution in [2.45, 2.75) is 20.8 Å². The van der Waals surface area contributed by atoms with Crippen LogP contribution in [0, 0.1) is 19.8 Å². The zero-order valence-corrected chi connectivity index (χ0v) is 14.7. The Bertz CT molecular complexity index is 707. The molecule has 0 aliphatic carbocycles. The first-order valence-electron chi connectivity index (χ1n) is 8.16. The summed E-state index contributed by atoms with van der Waals surface area (Å²) in [6, 6.07) is 15.0. The van der Waals surface area contributed by atoms with Crippen molar-refractivity contribution in [2.24, 2.45) is 5.92 Å². The van der Waals surface area contributed by atoms with Crippen molar-refractivity contribution in [3.8, 4) is 5.75 Å². The molecule has 0 saturated heterocycles. The minimum Gasteiger partial charge on any atom is -0.493 e. The smallest absolute Gasteiger partial charge is 0.312 e. The van der Waals surface area contributed by atoms with Crippen LogP contribution in [0.4, 0.5) is 5.69 Å². The van der Waals surface area contributed by atoms with E-state index >= 15 is 0 Å². The Kier molecular flexibility index (Phi) is 6.57. The van der Waals surface area contributed by atoms with E-state index in [0.29, 0.717) is 11.4 Å². The molecule has 1 atom stereocenters. The van der Waals surface area contributed by atoms with Crippen molar-refractivity contribution in [3.63, 3.8) is 0 Å². The molecular weight excluding hydrogens is 318 g/mol. The highest BCUT2D eigenvalue weighted by molar-refractivity contribution is 5.93. The number of carbonyl (C=O) groups excluding carboxylic acids is 2. The number of esters is 1. The second-order valence-electron chi connectivity index (χ2n) is 6.06. The van der Waals surface area contributed by atoms with E-state index in [2.05, 4.69) is 5.32 Å². The molecule has 0 heterocycles. The van der Waals surface area contributed by atoms with Gasteiger partial charge in [-0.1, -0.05) is 24.3 Å². The molecule has 0 aliphatic heterocycles. The van der Waals surface area contributed by atoms with E-state index in [0.717, 1.165) is 11.1 Å². The highest BCUT2D eigenvalue weighted by Gasteiger charge is 2.17. The first kappa shape index (κ1) is 18.5. The quantitative estimate of drug-likeness (QED) is 0.783. The van der Waals surface area contributed by atoms with E-state index in [-0.39, 0.29) is 19.1 Å². The number of anilines is 1. The molecule has 2 aromatic rings. The number of rotatable bonds is 7. The average molecular weight is 341 g/mol. The zero-order chi connectivity index (χ0) is 18.2. The monoisotopic (exact) mass is 341 g/mol. The van der Waals surface area contributed by atoms with Gasteiger partial charge >= 0.3 is 5.97 Å². The van der Waals surface area contributed by atoms with E-state index in [1.54, 1.807) is 6.92 Å². The predicted molar refractivity (Wildman–Crippen MR) is 96.6 cm³/mol. The molecule has 0 aliphatic rings. The molecule has 0 bridgehead atoms. The summed E-state index contributed by atoms with van der Waals surface area (Å²) in [4.78, 5) is 23.9. The molecule has 0 radical (unpaired) electrons. The fraction of sp³-hybridized carbons (Fsp3) is 0.300. The second-order valence-corrected chi connectivity index (χ2v) is 6.06. The van der Waals surface area contributed by atoms with Gasteiger partial charge in [0.15, 0.2) is 6.61 Å². The number of aryl methyl sites for hydroxylation is 2. The molecule has 5 heteroatoms. The maximum Gasteiger partial charge on any atom is 0.312 e. The van der Waals surface area contributed by atoms with Gasteiger partial charge in [-0.3, -0.25) is 9.59 Å². The summed E-state index contributed by atoms with van der Waals surface area (Å²) in [6.45, 7) is 5.49. The molecule has 132 valence electrons. The van der Waals surface area contributed by atoms with E-state index in [4.69, 9.17) is 9.47 Å². The van der Waals surface area contributed by atoms with Gasteiger partial charge in [0.05, 0.1) is 5.92 Å². The largest absolute Gasteiger partial charge is 0.493 e.